The largest absolute Gasteiger partial charge is 0.338 e. The van der Waals surface area contributed by atoms with Crippen LogP contribution in [0, 0.1) is 0 Å². The molecule has 0 atom stereocenters. The lowest BCUT2D eigenvalue weighted by Gasteiger charge is -2.03. The Kier molecular flexibility index (Phi) is 2.59. The number of thiocarbonyl (C=S) groups is 1. The first-order chi connectivity index (χ1) is 5.25. The summed E-state index contributed by atoms with van der Waals surface area (Å²) >= 11 is 4.66. The van der Waals surface area contributed by atoms with Crippen LogP contribution in [0.4, 0.5) is 5.82 Å². The van der Waals surface area contributed by atoms with E-state index in [1.165, 1.54) is 5.49 Å². The fourth-order valence-electron chi connectivity index (χ4n) is 0.908. The first-order valence-electron chi connectivity index (χ1n) is 3.49. The molecule has 1 rings (SSSR count). The topological polar surface area (TPSA) is 40.7 Å². The summed E-state index contributed by atoms with van der Waals surface area (Å²) in [7, 11) is 0. The van der Waals surface area contributed by atoms with Crippen LogP contribution in [0.5, 0.6) is 0 Å². The number of nitrogens with zero attached hydrogens (tertiary/aromatic N) is 1. The van der Waals surface area contributed by atoms with E-state index in [-0.39, 0.29) is 0 Å². The number of hydrogen-bond donors (Lipinski definition) is 2. The first-order valence-corrected chi connectivity index (χ1v) is 3.96. The van der Waals surface area contributed by atoms with Gasteiger partial charge in [-0.3, -0.25) is 5.10 Å². The lowest BCUT2D eigenvalue weighted by Crippen LogP contribution is -1.97. The van der Waals surface area contributed by atoms with Crippen LogP contribution in [0.15, 0.2) is 6.20 Å². The maximum absolute atomic E-state index is 4.66. The highest BCUT2D eigenvalue weighted by Gasteiger charge is 2.06. The molecule has 0 amide bonds. The molecule has 0 aromatic carbocycles. The van der Waals surface area contributed by atoms with Crippen LogP contribution in [-0.2, 0) is 0 Å². The van der Waals surface area contributed by atoms with Crippen LogP contribution in [0.1, 0.15) is 25.3 Å². The second-order valence-corrected chi connectivity index (χ2v) is 2.85. The van der Waals surface area contributed by atoms with Crippen molar-refractivity contribution in [3.05, 3.63) is 11.8 Å². The molecular formula is C7H11N3S. The van der Waals surface area contributed by atoms with E-state index >= 15 is 0 Å². The van der Waals surface area contributed by atoms with Crippen LogP contribution < -0.4 is 5.32 Å². The first kappa shape index (κ1) is 8.20. The van der Waals surface area contributed by atoms with Gasteiger partial charge in [0.05, 0.1) is 11.7 Å². The van der Waals surface area contributed by atoms with E-state index in [4.69, 9.17) is 0 Å². The van der Waals surface area contributed by atoms with Crippen molar-refractivity contribution in [1.29, 1.82) is 0 Å². The Bertz CT molecular complexity index is 242. The van der Waals surface area contributed by atoms with Gasteiger partial charge in [-0.2, -0.15) is 5.10 Å². The summed E-state index contributed by atoms with van der Waals surface area (Å²) in [5.41, 5.74) is 2.63. The third-order valence-electron chi connectivity index (χ3n) is 1.49. The van der Waals surface area contributed by atoms with Crippen LogP contribution in [0.25, 0.3) is 0 Å². The minimum Gasteiger partial charge on any atom is -0.338 e. The van der Waals surface area contributed by atoms with Crippen molar-refractivity contribution in [3.63, 3.8) is 0 Å². The maximum Gasteiger partial charge on any atom is 0.129 e. The van der Waals surface area contributed by atoms with Gasteiger partial charge in [-0.05, 0) is 5.92 Å². The van der Waals surface area contributed by atoms with Gasteiger partial charge in [0.1, 0.15) is 5.82 Å². The molecule has 0 saturated heterocycles. The quantitative estimate of drug-likeness (QED) is 0.679. The van der Waals surface area contributed by atoms with Crippen LogP contribution in [0.2, 0.25) is 0 Å². The Morgan fingerprint density at radius 3 is 3.00 bits per heavy atom. The average Bonchev–Trinajstić information content (AvgIpc) is 2.36. The van der Waals surface area contributed by atoms with E-state index in [2.05, 4.69) is 41.6 Å². The van der Waals surface area contributed by atoms with Crippen molar-refractivity contribution in [2.24, 2.45) is 0 Å². The Hall–Kier alpha value is -0.900. The molecule has 0 aliphatic carbocycles. The summed E-state index contributed by atoms with van der Waals surface area (Å²) in [5.74, 6) is 1.36. The highest BCUT2D eigenvalue weighted by Crippen LogP contribution is 2.20. The molecule has 0 aliphatic heterocycles. The molecule has 0 fully saturated rings. The normalized spacial score (nSPS) is 10.1. The molecule has 0 bridgehead atoms. The lowest BCUT2D eigenvalue weighted by molar-refractivity contribution is 0.871. The lowest BCUT2D eigenvalue weighted by atomic mass is 10.1. The number of anilines is 1. The second kappa shape index (κ2) is 3.48. The SMILES string of the molecule is CC(C)c1cn[nH]c1NC=S. The van der Waals surface area contributed by atoms with Crippen LogP contribution in [0.3, 0.4) is 0 Å². The number of aromatic nitrogens is 2. The zero-order chi connectivity index (χ0) is 8.27. The van der Waals surface area contributed by atoms with Gasteiger partial charge in [0.2, 0.25) is 0 Å². The summed E-state index contributed by atoms with van der Waals surface area (Å²) in [6.45, 7) is 4.22. The Morgan fingerprint density at radius 1 is 1.73 bits per heavy atom. The highest BCUT2D eigenvalue weighted by molar-refractivity contribution is 7.79. The molecule has 1 heterocycles. The third kappa shape index (κ3) is 1.77. The van der Waals surface area contributed by atoms with Crippen molar-refractivity contribution >= 4 is 23.5 Å². The standard InChI is InChI=1S/C7H11N3S/c1-5(2)6-3-9-10-7(6)8-4-11/h3-5H,1-2H3,(H2,8,9,10,11). The minimum atomic E-state index is 0.464. The van der Waals surface area contributed by atoms with Crippen molar-refractivity contribution in [1.82, 2.24) is 10.2 Å². The van der Waals surface area contributed by atoms with Gasteiger partial charge in [-0.15, -0.1) is 0 Å². The molecule has 0 saturated carbocycles. The van der Waals surface area contributed by atoms with Gasteiger partial charge in [-0.1, -0.05) is 26.1 Å². The molecule has 2 N–H and O–H groups in total. The number of H-pyrrole nitrogens is 1. The predicted molar refractivity (Wildman–Crippen MR) is 50.0 cm³/mol. The van der Waals surface area contributed by atoms with E-state index in [1.54, 1.807) is 0 Å². The van der Waals surface area contributed by atoms with Crippen LogP contribution >= 0.6 is 12.2 Å². The van der Waals surface area contributed by atoms with Gasteiger partial charge in [0.15, 0.2) is 0 Å². The van der Waals surface area contributed by atoms with Crippen molar-refractivity contribution < 1.29 is 0 Å². The molecule has 11 heavy (non-hydrogen) atoms. The molecule has 0 spiro atoms. The summed E-state index contributed by atoms with van der Waals surface area (Å²) in [5, 5.41) is 9.65. The summed E-state index contributed by atoms with van der Waals surface area (Å²) in [6, 6.07) is 0. The monoisotopic (exact) mass is 169 g/mol. The third-order valence-corrected chi connectivity index (χ3v) is 1.61. The fourth-order valence-corrected chi connectivity index (χ4v) is 1.03. The molecule has 1 aromatic heterocycles. The van der Waals surface area contributed by atoms with Gasteiger partial charge < -0.3 is 5.32 Å². The smallest absolute Gasteiger partial charge is 0.129 e. The van der Waals surface area contributed by atoms with Gasteiger partial charge in [0, 0.05) is 5.56 Å². The second-order valence-electron chi connectivity index (χ2n) is 2.62. The number of nitrogens with one attached hydrogen (secondary N) is 2. The minimum absolute atomic E-state index is 0.464. The van der Waals surface area contributed by atoms with Gasteiger partial charge in [0.25, 0.3) is 0 Å². The molecule has 60 valence electrons. The Balaban J connectivity index is 2.86. The zero-order valence-corrected chi connectivity index (χ0v) is 7.40. The Labute approximate surface area is 71.2 Å². The number of hydrogen-bond acceptors (Lipinski definition) is 2. The van der Waals surface area contributed by atoms with E-state index in [9.17, 15) is 0 Å². The van der Waals surface area contributed by atoms with E-state index in [0.29, 0.717) is 5.92 Å². The molecule has 0 unspecified atom stereocenters. The molecule has 0 radical (unpaired) electrons. The van der Waals surface area contributed by atoms with Crippen LogP contribution in [-0.4, -0.2) is 15.7 Å². The molecular weight excluding hydrogens is 158 g/mol. The fraction of sp³-hybridized carbons (Fsp3) is 0.429. The van der Waals surface area contributed by atoms with Crippen molar-refractivity contribution in [2.75, 3.05) is 5.32 Å². The summed E-state index contributed by atoms with van der Waals surface area (Å²) < 4.78 is 0. The van der Waals surface area contributed by atoms with E-state index < -0.39 is 0 Å². The number of aromatic amines is 1. The Morgan fingerprint density at radius 2 is 2.45 bits per heavy atom. The molecule has 3 nitrogen and oxygen atoms in total. The predicted octanol–water partition coefficient (Wildman–Crippen LogP) is 1.90. The molecule has 1 aromatic rings. The number of rotatable bonds is 3. The average molecular weight is 169 g/mol. The van der Waals surface area contributed by atoms with Crippen molar-refractivity contribution in [2.45, 2.75) is 19.8 Å². The van der Waals surface area contributed by atoms with E-state index in [1.807, 2.05) is 6.20 Å². The van der Waals surface area contributed by atoms with E-state index in [0.717, 1.165) is 11.4 Å². The highest BCUT2D eigenvalue weighted by atomic mass is 32.1. The zero-order valence-electron chi connectivity index (χ0n) is 6.59. The van der Waals surface area contributed by atoms with Gasteiger partial charge in [-0.25, -0.2) is 0 Å². The van der Waals surface area contributed by atoms with Crippen molar-refractivity contribution in [3.8, 4) is 0 Å². The molecule has 0 aliphatic rings. The molecule has 4 heteroatoms. The summed E-state index contributed by atoms with van der Waals surface area (Å²) in [6.07, 6.45) is 1.81. The maximum atomic E-state index is 4.66. The van der Waals surface area contributed by atoms with Gasteiger partial charge >= 0.3 is 0 Å². The summed E-state index contributed by atoms with van der Waals surface area (Å²) in [4.78, 5) is 0.